The lowest BCUT2D eigenvalue weighted by Crippen LogP contribution is -2.42. The van der Waals surface area contributed by atoms with Crippen molar-refractivity contribution in [3.05, 3.63) is 45.7 Å². The molecule has 1 aliphatic carbocycles. The van der Waals surface area contributed by atoms with Crippen LogP contribution in [0, 0.1) is 0 Å². The summed E-state index contributed by atoms with van der Waals surface area (Å²) >= 11 is 1.66. The van der Waals surface area contributed by atoms with Crippen molar-refractivity contribution in [1.29, 1.82) is 0 Å². The van der Waals surface area contributed by atoms with E-state index in [0.29, 0.717) is 19.7 Å². The third-order valence-corrected chi connectivity index (χ3v) is 5.45. The molecule has 0 spiro atoms. The highest BCUT2D eigenvalue weighted by atomic mass is 32.1. The number of thiophene rings is 1. The summed E-state index contributed by atoms with van der Waals surface area (Å²) in [7, 11) is 0. The van der Waals surface area contributed by atoms with E-state index in [1.807, 2.05) is 4.90 Å². The summed E-state index contributed by atoms with van der Waals surface area (Å²) in [5, 5.41) is 0. The van der Waals surface area contributed by atoms with Crippen LogP contribution in [0.3, 0.4) is 0 Å². The van der Waals surface area contributed by atoms with Gasteiger partial charge in [0.15, 0.2) is 0 Å². The maximum Gasteiger partial charge on any atom is 0.264 e. The Morgan fingerprint density at radius 3 is 3.14 bits per heavy atom. The van der Waals surface area contributed by atoms with Gasteiger partial charge in [-0.15, -0.1) is 11.3 Å². The number of hydrogen-bond donors (Lipinski definition) is 0. The van der Waals surface area contributed by atoms with Crippen molar-refractivity contribution < 1.29 is 9.53 Å². The van der Waals surface area contributed by atoms with Gasteiger partial charge in [0.1, 0.15) is 6.10 Å². The van der Waals surface area contributed by atoms with Gasteiger partial charge in [-0.2, -0.15) is 0 Å². The Bertz CT molecular complexity index is 664. The van der Waals surface area contributed by atoms with Gasteiger partial charge in [0.05, 0.1) is 29.9 Å². The quantitative estimate of drug-likeness (QED) is 0.853. The molecule has 5 nitrogen and oxygen atoms in total. The molecule has 2 aromatic heterocycles. The fourth-order valence-corrected chi connectivity index (χ4v) is 4.30. The maximum atomic E-state index is 12.7. The number of aryl methyl sites for hydroxylation is 2. The first kappa shape index (κ1) is 13.8. The van der Waals surface area contributed by atoms with Crippen molar-refractivity contribution in [2.75, 3.05) is 19.7 Å². The standard InChI is InChI=1S/C16H17N3O2S/c20-16(15-8-11-2-1-3-14(11)22-15)19-6-7-21-13(10-19)12-9-17-4-5-18-12/h4-5,8-9,13H,1-3,6-7,10H2/t13-/m0/s1. The first-order valence-electron chi connectivity index (χ1n) is 7.59. The Morgan fingerprint density at radius 1 is 1.36 bits per heavy atom. The number of aromatic nitrogens is 2. The topological polar surface area (TPSA) is 55.3 Å². The SMILES string of the molecule is O=C(c1cc2c(s1)CCC2)N1CCO[C@H](c2cnccn2)C1. The Hall–Kier alpha value is -1.79. The smallest absolute Gasteiger partial charge is 0.264 e. The molecule has 0 aromatic carbocycles. The van der Waals surface area contributed by atoms with Gasteiger partial charge in [0.2, 0.25) is 0 Å². The predicted octanol–water partition coefficient (Wildman–Crippen LogP) is 2.24. The largest absolute Gasteiger partial charge is 0.368 e. The fourth-order valence-electron chi connectivity index (χ4n) is 3.08. The van der Waals surface area contributed by atoms with Crippen LogP contribution in [0.5, 0.6) is 0 Å². The molecule has 2 aromatic rings. The second-order valence-corrected chi connectivity index (χ2v) is 6.79. The Labute approximate surface area is 133 Å². The van der Waals surface area contributed by atoms with Crippen LogP contribution in [0.15, 0.2) is 24.7 Å². The Morgan fingerprint density at radius 2 is 2.32 bits per heavy atom. The fraction of sp³-hybridized carbons (Fsp3) is 0.438. The van der Waals surface area contributed by atoms with Crippen LogP contribution in [-0.2, 0) is 17.6 Å². The number of ether oxygens (including phenoxy) is 1. The van der Waals surface area contributed by atoms with Gasteiger partial charge >= 0.3 is 0 Å². The van der Waals surface area contributed by atoms with E-state index in [1.165, 1.54) is 16.9 Å². The van der Waals surface area contributed by atoms with E-state index in [9.17, 15) is 4.79 Å². The number of fused-ring (bicyclic) bond motifs is 1. The van der Waals surface area contributed by atoms with E-state index >= 15 is 0 Å². The van der Waals surface area contributed by atoms with Crippen LogP contribution in [0.4, 0.5) is 0 Å². The number of carbonyl (C=O) groups is 1. The summed E-state index contributed by atoms with van der Waals surface area (Å²) in [6.07, 6.45) is 8.29. The molecule has 1 fully saturated rings. The van der Waals surface area contributed by atoms with Crippen LogP contribution in [-0.4, -0.2) is 40.5 Å². The minimum atomic E-state index is -0.182. The zero-order valence-electron chi connectivity index (χ0n) is 12.2. The lowest BCUT2D eigenvalue weighted by Gasteiger charge is -2.32. The molecular formula is C16H17N3O2S. The summed E-state index contributed by atoms with van der Waals surface area (Å²) < 4.78 is 5.75. The van der Waals surface area contributed by atoms with Crippen molar-refractivity contribution >= 4 is 17.2 Å². The third-order valence-electron chi connectivity index (χ3n) is 4.22. The van der Waals surface area contributed by atoms with Crippen LogP contribution in [0.1, 0.15) is 38.3 Å². The number of nitrogens with zero attached hydrogens (tertiary/aromatic N) is 3. The molecule has 3 heterocycles. The van der Waals surface area contributed by atoms with Gasteiger partial charge in [-0.25, -0.2) is 0 Å². The molecule has 6 heteroatoms. The van der Waals surface area contributed by atoms with Gasteiger partial charge < -0.3 is 9.64 Å². The van der Waals surface area contributed by atoms with Gasteiger partial charge in [-0.3, -0.25) is 14.8 Å². The average molecular weight is 315 g/mol. The van der Waals surface area contributed by atoms with E-state index < -0.39 is 0 Å². The zero-order valence-corrected chi connectivity index (χ0v) is 13.0. The number of amides is 1. The lowest BCUT2D eigenvalue weighted by molar-refractivity contribution is -0.0247. The van der Waals surface area contributed by atoms with Gasteiger partial charge in [-0.1, -0.05) is 0 Å². The van der Waals surface area contributed by atoms with Crippen molar-refractivity contribution in [2.24, 2.45) is 0 Å². The molecule has 22 heavy (non-hydrogen) atoms. The minimum Gasteiger partial charge on any atom is -0.368 e. The van der Waals surface area contributed by atoms with Crippen LogP contribution in [0.2, 0.25) is 0 Å². The van der Waals surface area contributed by atoms with Crippen molar-refractivity contribution in [3.63, 3.8) is 0 Å². The first-order chi connectivity index (χ1) is 10.8. The number of hydrogen-bond acceptors (Lipinski definition) is 5. The second-order valence-electron chi connectivity index (χ2n) is 5.65. The van der Waals surface area contributed by atoms with E-state index in [-0.39, 0.29) is 12.0 Å². The molecule has 0 radical (unpaired) electrons. The molecule has 0 bridgehead atoms. The average Bonchev–Trinajstić information content (AvgIpc) is 3.17. The van der Waals surface area contributed by atoms with Crippen molar-refractivity contribution in [1.82, 2.24) is 14.9 Å². The van der Waals surface area contributed by atoms with Gasteiger partial charge in [0.25, 0.3) is 5.91 Å². The molecule has 1 amide bonds. The molecule has 1 atom stereocenters. The molecule has 0 saturated carbocycles. The molecule has 4 rings (SSSR count). The number of carbonyl (C=O) groups excluding carboxylic acids is 1. The van der Waals surface area contributed by atoms with Crippen LogP contribution in [0.25, 0.3) is 0 Å². The van der Waals surface area contributed by atoms with Crippen molar-refractivity contribution in [3.8, 4) is 0 Å². The van der Waals surface area contributed by atoms with Crippen molar-refractivity contribution in [2.45, 2.75) is 25.4 Å². The van der Waals surface area contributed by atoms with Gasteiger partial charge in [-0.05, 0) is 30.9 Å². The molecule has 1 saturated heterocycles. The first-order valence-corrected chi connectivity index (χ1v) is 8.41. The van der Waals surface area contributed by atoms with E-state index in [0.717, 1.165) is 23.4 Å². The molecule has 0 N–H and O–H groups in total. The van der Waals surface area contributed by atoms with E-state index in [2.05, 4.69) is 16.0 Å². The second kappa shape index (κ2) is 5.78. The molecule has 2 aliphatic rings. The molecule has 0 unspecified atom stereocenters. The molecule has 114 valence electrons. The Kier molecular flexibility index (Phi) is 3.63. The third kappa shape index (κ3) is 2.53. The van der Waals surface area contributed by atoms with Crippen LogP contribution >= 0.6 is 11.3 Å². The number of morpholine rings is 1. The van der Waals surface area contributed by atoms with Crippen LogP contribution < -0.4 is 0 Å². The Balaban J connectivity index is 1.50. The maximum absolute atomic E-state index is 12.7. The summed E-state index contributed by atoms with van der Waals surface area (Å²) in [5.74, 6) is 0.122. The molecular weight excluding hydrogens is 298 g/mol. The van der Waals surface area contributed by atoms with E-state index in [1.54, 1.807) is 29.9 Å². The highest BCUT2D eigenvalue weighted by Gasteiger charge is 2.29. The minimum absolute atomic E-state index is 0.122. The normalized spacial score (nSPS) is 20.9. The predicted molar refractivity (Wildman–Crippen MR) is 83.0 cm³/mol. The number of rotatable bonds is 2. The monoisotopic (exact) mass is 315 g/mol. The molecule has 1 aliphatic heterocycles. The summed E-state index contributed by atoms with van der Waals surface area (Å²) in [6, 6.07) is 2.09. The van der Waals surface area contributed by atoms with Gasteiger partial charge in [0, 0.05) is 23.8 Å². The highest BCUT2D eigenvalue weighted by Crippen LogP contribution is 2.32. The zero-order chi connectivity index (χ0) is 14.9. The van der Waals surface area contributed by atoms with E-state index in [4.69, 9.17) is 4.74 Å². The summed E-state index contributed by atoms with van der Waals surface area (Å²) in [5.41, 5.74) is 2.15. The summed E-state index contributed by atoms with van der Waals surface area (Å²) in [4.78, 5) is 25.2. The lowest BCUT2D eigenvalue weighted by atomic mass is 10.2. The highest BCUT2D eigenvalue weighted by molar-refractivity contribution is 7.14. The summed E-state index contributed by atoms with van der Waals surface area (Å²) in [6.45, 7) is 1.72.